The fourth-order valence-corrected chi connectivity index (χ4v) is 2.00. The van der Waals surface area contributed by atoms with Crippen molar-refractivity contribution < 1.29 is 13.9 Å². The molecule has 0 atom stereocenters. The van der Waals surface area contributed by atoms with Crippen LogP contribution in [0, 0.1) is 5.82 Å². The molecule has 0 amide bonds. The molecule has 2 aromatic rings. The molecule has 0 aliphatic heterocycles. The van der Waals surface area contributed by atoms with Crippen molar-refractivity contribution in [3.63, 3.8) is 0 Å². The summed E-state index contributed by atoms with van der Waals surface area (Å²) in [5, 5.41) is 0. The highest BCUT2D eigenvalue weighted by Crippen LogP contribution is 2.25. The zero-order valence-electron chi connectivity index (χ0n) is 9.61. The maximum absolute atomic E-state index is 13.1. The summed E-state index contributed by atoms with van der Waals surface area (Å²) in [6, 6.07) is 10.7. The number of hydrogen-bond acceptors (Lipinski definition) is 2. The van der Waals surface area contributed by atoms with Crippen LogP contribution >= 0.6 is 15.9 Å². The predicted molar refractivity (Wildman–Crippen MR) is 70.5 cm³/mol. The largest absolute Gasteiger partial charge is 0.496 e. The van der Waals surface area contributed by atoms with Crippen molar-refractivity contribution >= 4 is 21.7 Å². The van der Waals surface area contributed by atoms with Crippen LogP contribution in [0.2, 0.25) is 0 Å². The SMILES string of the molecule is COc1ccc(Br)cc1C(=O)c1cccc(F)c1. The van der Waals surface area contributed by atoms with Crippen molar-refractivity contribution in [3.8, 4) is 5.75 Å². The number of ether oxygens (including phenoxy) is 1. The molecule has 0 aliphatic carbocycles. The van der Waals surface area contributed by atoms with Crippen molar-refractivity contribution in [3.05, 3.63) is 63.9 Å². The molecule has 0 spiro atoms. The molecule has 0 heterocycles. The second-order valence-corrected chi connectivity index (χ2v) is 4.60. The first kappa shape index (κ1) is 12.8. The monoisotopic (exact) mass is 308 g/mol. The molecule has 2 rings (SSSR count). The van der Waals surface area contributed by atoms with E-state index in [1.165, 1.54) is 25.3 Å². The summed E-state index contributed by atoms with van der Waals surface area (Å²) in [5.41, 5.74) is 0.698. The molecule has 92 valence electrons. The number of carbonyl (C=O) groups is 1. The average Bonchev–Trinajstić information content (AvgIpc) is 2.38. The van der Waals surface area contributed by atoms with Gasteiger partial charge in [-0.2, -0.15) is 0 Å². The fraction of sp³-hybridized carbons (Fsp3) is 0.0714. The third-order valence-electron chi connectivity index (χ3n) is 2.49. The van der Waals surface area contributed by atoms with Gasteiger partial charge < -0.3 is 4.74 Å². The number of ketones is 1. The van der Waals surface area contributed by atoms with E-state index >= 15 is 0 Å². The van der Waals surface area contributed by atoms with Crippen molar-refractivity contribution in [1.82, 2.24) is 0 Å². The fourth-order valence-electron chi connectivity index (χ4n) is 1.64. The highest BCUT2D eigenvalue weighted by molar-refractivity contribution is 9.10. The second kappa shape index (κ2) is 5.31. The molecular weight excluding hydrogens is 299 g/mol. The topological polar surface area (TPSA) is 26.3 Å². The molecule has 2 aromatic carbocycles. The minimum Gasteiger partial charge on any atom is -0.496 e. The van der Waals surface area contributed by atoms with E-state index in [1.807, 2.05) is 0 Å². The van der Waals surface area contributed by atoms with Crippen LogP contribution in [-0.4, -0.2) is 12.9 Å². The van der Waals surface area contributed by atoms with E-state index < -0.39 is 5.82 Å². The van der Waals surface area contributed by atoms with Crippen molar-refractivity contribution in [2.24, 2.45) is 0 Å². The quantitative estimate of drug-likeness (QED) is 0.806. The number of halogens is 2. The Kier molecular flexibility index (Phi) is 3.77. The van der Waals surface area contributed by atoms with Crippen LogP contribution in [0.1, 0.15) is 15.9 Å². The molecule has 0 unspecified atom stereocenters. The van der Waals surface area contributed by atoms with Gasteiger partial charge in [-0.05, 0) is 30.3 Å². The van der Waals surface area contributed by atoms with Crippen LogP contribution in [0.4, 0.5) is 4.39 Å². The van der Waals surface area contributed by atoms with Crippen LogP contribution in [0.3, 0.4) is 0 Å². The van der Waals surface area contributed by atoms with Gasteiger partial charge >= 0.3 is 0 Å². The van der Waals surface area contributed by atoms with Crippen LogP contribution < -0.4 is 4.74 Å². The third-order valence-corrected chi connectivity index (χ3v) is 2.99. The van der Waals surface area contributed by atoms with E-state index in [0.717, 1.165) is 4.47 Å². The number of hydrogen-bond donors (Lipinski definition) is 0. The molecule has 0 aliphatic rings. The summed E-state index contributed by atoms with van der Waals surface area (Å²) in [6.45, 7) is 0. The predicted octanol–water partition coefficient (Wildman–Crippen LogP) is 3.83. The smallest absolute Gasteiger partial charge is 0.196 e. The van der Waals surface area contributed by atoms with Gasteiger partial charge in [-0.1, -0.05) is 28.1 Å². The number of methoxy groups -OCH3 is 1. The Morgan fingerprint density at radius 3 is 2.67 bits per heavy atom. The molecule has 0 saturated heterocycles. The number of rotatable bonds is 3. The van der Waals surface area contributed by atoms with Gasteiger partial charge in [-0.25, -0.2) is 4.39 Å². The highest BCUT2D eigenvalue weighted by atomic mass is 79.9. The first-order valence-electron chi connectivity index (χ1n) is 5.25. The van der Waals surface area contributed by atoms with Crippen LogP contribution in [0.25, 0.3) is 0 Å². The Hall–Kier alpha value is -1.68. The summed E-state index contributed by atoms with van der Waals surface area (Å²) in [4.78, 5) is 12.3. The normalized spacial score (nSPS) is 10.2. The molecule has 0 aromatic heterocycles. The minimum absolute atomic E-state index is 0.271. The van der Waals surface area contributed by atoms with Crippen molar-refractivity contribution in [1.29, 1.82) is 0 Å². The first-order valence-corrected chi connectivity index (χ1v) is 6.05. The van der Waals surface area contributed by atoms with Gasteiger partial charge in [0.15, 0.2) is 5.78 Å². The van der Waals surface area contributed by atoms with Crippen molar-refractivity contribution in [2.75, 3.05) is 7.11 Å². The molecule has 2 nitrogen and oxygen atoms in total. The lowest BCUT2D eigenvalue weighted by Crippen LogP contribution is -2.04. The standard InChI is InChI=1S/C14H10BrFO2/c1-18-13-6-5-10(15)8-12(13)14(17)9-3-2-4-11(16)7-9/h2-8H,1H3. The highest BCUT2D eigenvalue weighted by Gasteiger charge is 2.15. The molecule has 0 radical (unpaired) electrons. The lowest BCUT2D eigenvalue weighted by atomic mass is 10.0. The van der Waals surface area contributed by atoms with E-state index in [-0.39, 0.29) is 5.78 Å². The van der Waals surface area contributed by atoms with Gasteiger partial charge in [0.1, 0.15) is 11.6 Å². The molecule has 0 saturated carbocycles. The summed E-state index contributed by atoms with van der Waals surface area (Å²) < 4.78 is 19.0. The van der Waals surface area contributed by atoms with E-state index in [1.54, 1.807) is 24.3 Å². The molecule has 4 heteroatoms. The maximum atomic E-state index is 13.1. The second-order valence-electron chi connectivity index (χ2n) is 3.68. The number of carbonyl (C=O) groups excluding carboxylic acids is 1. The van der Waals surface area contributed by atoms with Gasteiger partial charge in [-0.15, -0.1) is 0 Å². The van der Waals surface area contributed by atoms with E-state index in [2.05, 4.69) is 15.9 Å². The van der Waals surface area contributed by atoms with Crippen molar-refractivity contribution in [2.45, 2.75) is 0 Å². The lowest BCUT2D eigenvalue weighted by Gasteiger charge is -2.08. The Morgan fingerprint density at radius 1 is 1.22 bits per heavy atom. The number of benzene rings is 2. The molecule has 18 heavy (non-hydrogen) atoms. The van der Waals surface area contributed by atoms with E-state index in [0.29, 0.717) is 16.9 Å². The van der Waals surface area contributed by atoms with Gasteiger partial charge in [0.25, 0.3) is 0 Å². The summed E-state index contributed by atoms with van der Waals surface area (Å²) in [5.74, 6) is -0.241. The van der Waals surface area contributed by atoms with E-state index in [4.69, 9.17) is 4.74 Å². The van der Waals surface area contributed by atoms with Crippen LogP contribution in [-0.2, 0) is 0 Å². The Bertz CT molecular complexity index is 596. The van der Waals surface area contributed by atoms with Gasteiger partial charge in [-0.3, -0.25) is 4.79 Å². The molecule has 0 fully saturated rings. The van der Waals surface area contributed by atoms with Crippen LogP contribution in [0.15, 0.2) is 46.9 Å². The summed E-state index contributed by atoms with van der Waals surface area (Å²) in [6.07, 6.45) is 0. The van der Waals surface area contributed by atoms with Gasteiger partial charge in [0.05, 0.1) is 12.7 Å². The zero-order chi connectivity index (χ0) is 13.1. The first-order chi connectivity index (χ1) is 8.61. The van der Waals surface area contributed by atoms with E-state index in [9.17, 15) is 9.18 Å². The third kappa shape index (κ3) is 2.59. The van der Waals surface area contributed by atoms with Gasteiger partial charge in [0.2, 0.25) is 0 Å². The summed E-state index contributed by atoms with van der Waals surface area (Å²) in [7, 11) is 1.49. The average molecular weight is 309 g/mol. The molecule has 0 N–H and O–H groups in total. The molecular formula is C14H10BrFO2. The Balaban J connectivity index is 2.48. The van der Waals surface area contributed by atoms with Gasteiger partial charge in [0, 0.05) is 10.0 Å². The van der Waals surface area contributed by atoms with Crippen LogP contribution in [0.5, 0.6) is 5.75 Å². The lowest BCUT2D eigenvalue weighted by molar-refractivity contribution is 0.103. The maximum Gasteiger partial charge on any atom is 0.196 e. The minimum atomic E-state index is -0.435. The summed E-state index contributed by atoms with van der Waals surface area (Å²) >= 11 is 3.30. The molecule has 0 bridgehead atoms. The zero-order valence-corrected chi connectivity index (χ0v) is 11.2. The Morgan fingerprint density at radius 2 is 2.00 bits per heavy atom. The Labute approximate surface area is 113 Å².